The van der Waals surface area contributed by atoms with E-state index in [4.69, 9.17) is 24.3 Å². The molecule has 0 saturated heterocycles. The van der Waals surface area contributed by atoms with Gasteiger partial charge in [-0.3, -0.25) is 4.79 Å². The zero-order valence-corrected chi connectivity index (χ0v) is 21.3. The number of anilines is 2. The molecule has 1 atom stereocenters. The van der Waals surface area contributed by atoms with Crippen LogP contribution in [0.5, 0.6) is 17.2 Å². The number of allylic oxidation sites excluding steroid dienone is 1. The van der Waals surface area contributed by atoms with Crippen molar-refractivity contribution in [2.75, 3.05) is 32.0 Å². The van der Waals surface area contributed by atoms with E-state index in [9.17, 15) is 9.18 Å². The summed E-state index contributed by atoms with van der Waals surface area (Å²) >= 11 is 0. The molecule has 3 aromatic carbocycles. The molecular weight excluding hydrogens is 489 g/mol. The molecule has 10 heteroatoms. The van der Waals surface area contributed by atoms with Gasteiger partial charge in [0.2, 0.25) is 5.95 Å². The SMILES string of the molecule is COc1cc(OC)cc(-c2nc3n(n2)C(c2ccc(F)cc2)C(C(=O)Nc2ccccc2OC)=C(C)N3)c1. The lowest BCUT2D eigenvalue weighted by Crippen LogP contribution is -2.31. The number of hydrogen-bond acceptors (Lipinski definition) is 7. The Hall–Kier alpha value is -4.86. The van der Waals surface area contributed by atoms with Gasteiger partial charge in [0.15, 0.2) is 5.82 Å². The molecule has 9 nitrogen and oxygen atoms in total. The van der Waals surface area contributed by atoms with Crippen LogP contribution in [0.1, 0.15) is 18.5 Å². The Labute approximate surface area is 218 Å². The smallest absolute Gasteiger partial charge is 0.255 e. The minimum Gasteiger partial charge on any atom is -0.497 e. The summed E-state index contributed by atoms with van der Waals surface area (Å²) in [5.74, 6) is 1.78. The maximum atomic E-state index is 13.8. The summed E-state index contributed by atoms with van der Waals surface area (Å²) in [6, 6.07) is 17.8. The summed E-state index contributed by atoms with van der Waals surface area (Å²) < 4.78 is 31.7. The molecule has 0 fully saturated rings. The molecule has 1 aromatic heterocycles. The monoisotopic (exact) mass is 515 g/mol. The second-order valence-corrected chi connectivity index (χ2v) is 8.58. The number of benzene rings is 3. The summed E-state index contributed by atoms with van der Waals surface area (Å²) in [4.78, 5) is 18.4. The summed E-state index contributed by atoms with van der Waals surface area (Å²) in [5, 5.41) is 10.9. The number of halogens is 1. The predicted molar refractivity (Wildman–Crippen MR) is 141 cm³/mol. The minimum atomic E-state index is -0.685. The standard InChI is InChI=1S/C28H26FN5O4/c1-16-24(27(35)31-22-7-5-6-8-23(22)38-4)25(17-9-11-19(29)12-10-17)34-28(30-16)32-26(33-34)18-13-20(36-2)15-21(14-18)37-3/h5-15,25H,1-4H3,(H,31,35)(H,30,32,33). The molecule has 38 heavy (non-hydrogen) atoms. The molecule has 0 spiro atoms. The highest BCUT2D eigenvalue weighted by Gasteiger charge is 2.35. The van der Waals surface area contributed by atoms with Gasteiger partial charge in [-0.1, -0.05) is 24.3 Å². The summed E-state index contributed by atoms with van der Waals surface area (Å²) in [5.41, 5.74) is 2.83. The number of nitrogens with one attached hydrogen (secondary N) is 2. The van der Waals surface area contributed by atoms with Crippen LogP contribution in [0.2, 0.25) is 0 Å². The lowest BCUT2D eigenvalue weighted by Gasteiger charge is -2.28. The molecule has 1 aliphatic rings. The van der Waals surface area contributed by atoms with Crippen molar-refractivity contribution in [2.24, 2.45) is 0 Å². The van der Waals surface area contributed by atoms with Crippen molar-refractivity contribution in [3.05, 3.63) is 89.4 Å². The predicted octanol–water partition coefficient (Wildman–Crippen LogP) is 5.04. The zero-order valence-electron chi connectivity index (χ0n) is 21.3. The summed E-state index contributed by atoms with van der Waals surface area (Å²) in [6.07, 6.45) is 0. The van der Waals surface area contributed by atoms with Gasteiger partial charge in [-0.2, -0.15) is 4.98 Å². The molecule has 1 amide bonds. The van der Waals surface area contributed by atoms with Gasteiger partial charge in [0.05, 0.1) is 32.6 Å². The number of carbonyl (C=O) groups is 1. The van der Waals surface area contributed by atoms with Crippen LogP contribution in [-0.2, 0) is 4.79 Å². The van der Waals surface area contributed by atoms with Crippen LogP contribution in [0.25, 0.3) is 11.4 Å². The van der Waals surface area contributed by atoms with Crippen molar-refractivity contribution in [1.29, 1.82) is 0 Å². The first-order valence-corrected chi connectivity index (χ1v) is 11.8. The Balaban J connectivity index is 1.60. The van der Waals surface area contributed by atoms with E-state index < -0.39 is 6.04 Å². The molecule has 2 heterocycles. The second-order valence-electron chi connectivity index (χ2n) is 8.58. The van der Waals surface area contributed by atoms with E-state index in [0.717, 1.165) is 0 Å². The number of para-hydroxylation sites is 2. The molecule has 0 aliphatic carbocycles. The maximum Gasteiger partial charge on any atom is 0.255 e. The molecule has 4 aromatic rings. The number of carbonyl (C=O) groups excluding carboxylic acids is 1. The van der Waals surface area contributed by atoms with Crippen molar-refractivity contribution in [1.82, 2.24) is 14.8 Å². The quantitative estimate of drug-likeness (QED) is 0.356. The highest BCUT2D eigenvalue weighted by atomic mass is 19.1. The second kappa shape index (κ2) is 10.3. The first kappa shape index (κ1) is 24.8. The van der Waals surface area contributed by atoms with E-state index in [1.807, 2.05) is 6.07 Å². The first-order chi connectivity index (χ1) is 18.4. The third-order valence-electron chi connectivity index (χ3n) is 6.25. The van der Waals surface area contributed by atoms with Crippen LogP contribution in [0.15, 0.2) is 78.0 Å². The molecule has 5 rings (SSSR count). The van der Waals surface area contributed by atoms with E-state index in [1.165, 1.54) is 19.2 Å². The van der Waals surface area contributed by atoms with Gasteiger partial charge in [0.1, 0.15) is 29.1 Å². The van der Waals surface area contributed by atoms with Crippen molar-refractivity contribution >= 4 is 17.5 Å². The molecule has 1 aliphatic heterocycles. The fourth-order valence-corrected chi connectivity index (χ4v) is 4.39. The van der Waals surface area contributed by atoms with Crippen LogP contribution in [0, 0.1) is 5.82 Å². The molecule has 1 unspecified atom stereocenters. The van der Waals surface area contributed by atoms with Crippen molar-refractivity contribution < 1.29 is 23.4 Å². The van der Waals surface area contributed by atoms with E-state index in [2.05, 4.69) is 10.6 Å². The Morgan fingerprint density at radius 2 is 1.66 bits per heavy atom. The van der Waals surface area contributed by atoms with Crippen molar-refractivity contribution in [2.45, 2.75) is 13.0 Å². The molecular formula is C28H26FN5O4. The highest BCUT2D eigenvalue weighted by molar-refractivity contribution is 6.06. The number of nitrogens with zero attached hydrogens (tertiary/aromatic N) is 3. The lowest BCUT2D eigenvalue weighted by atomic mass is 9.95. The summed E-state index contributed by atoms with van der Waals surface area (Å²) in [7, 11) is 4.67. The van der Waals surface area contributed by atoms with Crippen LogP contribution >= 0.6 is 0 Å². The third-order valence-corrected chi connectivity index (χ3v) is 6.25. The van der Waals surface area contributed by atoms with Gasteiger partial charge >= 0.3 is 0 Å². The average molecular weight is 516 g/mol. The van der Waals surface area contributed by atoms with Gasteiger partial charge < -0.3 is 24.8 Å². The lowest BCUT2D eigenvalue weighted by molar-refractivity contribution is -0.113. The Morgan fingerprint density at radius 1 is 0.974 bits per heavy atom. The van der Waals surface area contributed by atoms with Crippen LogP contribution < -0.4 is 24.8 Å². The van der Waals surface area contributed by atoms with E-state index in [-0.39, 0.29) is 11.7 Å². The van der Waals surface area contributed by atoms with Crippen LogP contribution in [0.3, 0.4) is 0 Å². The Morgan fingerprint density at radius 3 is 2.32 bits per heavy atom. The first-order valence-electron chi connectivity index (χ1n) is 11.8. The largest absolute Gasteiger partial charge is 0.497 e. The molecule has 2 N–H and O–H groups in total. The summed E-state index contributed by atoms with van der Waals surface area (Å²) in [6.45, 7) is 1.79. The van der Waals surface area contributed by atoms with E-state index in [0.29, 0.717) is 57.1 Å². The fraction of sp³-hybridized carbons (Fsp3) is 0.179. The fourth-order valence-electron chi connectivity index (χ4n) is 4.39. The number of amides is 1. The number of aromatic nitrogens is 3. The Kier molecular flexibility index (Phi) is 6.69. The van der Waals surface area contributed by atoms with Crippen LogP contribution in [0.4, 0.5) is 16.0 Å². The minimum absolute atomic E-state index is 0.362. The van der Waals surface area contributed by atoms with E-state index in [1.54, 1.807) is 74.4 Å². The number of fused-ring (bicyclic) bond motifs is 1. The van der Waals surface area contributed by atoms with E-state index >= 15 is 0 Å². The van der Waals surface area contributed by atoms with Crippen molar-refractivity contribution in [3.8, 4) is 28.6 Å². The van der Waals surface area contributed by atoms with Gasteiger partial charge in [-0.05, 0) is 48.9 Å². The maximum absolute atomic E-state index is 13.8. The topological polar surface area (TPSA) is 99.5 Å². The average Bonchev–Trinajstić information content (AvgIpc) is 3.36. The van der Waals surface area contributed by atoms with Gasteiger partial charge in [0, 0.05) is 17.3 Å². The normalized spacial score (nSPS) is 14.4. The van der Waals surface area contributed by atoms with Gasteiger partial charge in [-0.25, -0.2) is 9.07 Å². The zero-order chi connectivity index (χ0) is 26.8. The van der Waals surface area contributed by atoms with Crippen molar-refractivity contribution in [3.63, 3.8) is 0 Å². The molecule has 0 radical (unpaired) electrons. The third kappa shape index (κ3) is 4.63. The van der Waals surface area contributed by atoms with Crippen LogP contribution in [-0.4, -0.2) is 42.0 Å². The number of hydrogen-bond donors (Lipinski definition) is 2. The van der Waals surface area contributed by atoms with Gasteiger partial charge in [0.25, 0.3) is 5.91 Å². The molecule has 194 valence electrons. The van der Waals surface area contributed by atoms with Gasteiger partial charge in [-0.15, -0.1) is 5.10 Å². The molecule has 0 bridgehead atoms. The number of ether oxygens (including phenoxy) is 3. The Bertz CT molecular complexity index is 1510. The number of methoxy groups -OCH3 is 3. The molecule has 0 saturated carbocycles. The highest BCUT2D eigenvalue weighted by Crippen LogP contribution is 2.38. The number of rotatable bonds is 7.